The van der Waals surface area contributed by atoms with Crippen molar-refractivity contribution < 1.29 is 0 Å². The fourth-order valence-corrected chi connectivity index (χ4v) is 2.16. The molecule has 2 aromatic rings. The zero-order valence-electron chi connectivity index (χ0n) is 11.3. The van der Waals surface area contributed by atoms with Crippen LogP contribution in [0.15, 0.2) is 30.5 Å². The monoisotopic (exact) mass is 276 g/mol. The first-order valence-electron chi connectivity index (χ1n) is 6.17. The van der Waals surface area contributed by atoms with E-state index in [-0.39, 0.29) is 6.04 Å². The summed E-state index contributed by atoms with van der Waals surface area (Å²) < 4.78 is 0. The maximum atomic E-state index is 5.95. The lowest BCUT2D eigenvalue weighted by atomic mass is 10.2. The van der Waals surface area contributed by atoms with E-state index in [1.165, 1.54) is 0 Å². The summed E-state index contributed by atoms with van der Waals surface area (Å²) >= 11 is 5.95. The minimum absolute atomic E-state index is 0.218. The lowest BCUT2D eigenvalue weighted by molar-refractivity contribution is 0.245. The third-order valence-corrected chi connectivity index (χ3v) is 3.24. The van der Waals surface area contributed by atoms with Gasteiger partial charge in [-0.15, -0.1) is 0 Å². The Bertz CT molecular complexity index is 524. The van der Waals surface area contributed by atoms with Gasteiger partial charge in [0, 0.05) is 18.8 Å². The van der Waals surface area contributed by atoms with E-state index < -0.39 is 0 Å². The molecule has 19 heavy (non-hydrogen) atoms. The number of rotatable bonds is 4. The Kier molecular flexibility index (Phi) is 4.45. The van der Waals surface area contributed by atoms with Gasteiger partial charge in [-0.05, 0) is 39.1 Å². The van der Waals surface area contributed by atoms with Gasteiger partial charge in [-0.25, -0.2) is 9.97 Å². The van der Waals surface area contributed by atoms with Gasteiger partial charge < -0.3 is 0 Å². The summed E-state index contributed by atoms with van der Waals surface area (Å²) in [6.07, 6.45) is 1.81. The van der Waals surface area contributed by atoms with Crippen LogP contribution < -0.4 is 0 Å². The van der Waals surface area contributed by atoms with Crippen LogP contribution in [0.2, 0.25) is 5.15 Å². The van der Waals surface area contributed by atoms with Crippen molar-refractivity contribution in [3.05, 3.63) is 52.8 Å². The molecule has 0 saturated heterocycles. The van der Waals surface area contributed by atoms with E-state index in [9.17, 15) is 0 Å². The molecule has 0 spiro atoms. The minimum atomic E-state index is 0.218. The first-order chi connectivity index (χ1) is 9.06. The molecule has 0 saturated carbocycles. The molecule has 1 unspecified atom stereocenters. The highest BCUT2D eigenvalue weighted by Crippen LogP contribution is 2.18. The Balaban J connectivity index is 2.10. The molecule has 5 heteroatoms. The predicted octanol–water partition coefficient (Wildman–Crippen LogP) is 3.03. The van der Waals surface area contributed by atoms with E-state index in [1.54, 1.807) is 6.07 Å². The summed E-state index contributed by atoms with van der Waals surface area (Å²) in [6.45, 7) is 4.68. The van der Waals surface area contributed by atoms with Crippen molar-refractivity contribution in [2.75, 3.05) is 7.05 Å². The first-order valence-corrected chi connectivity index (χ1v) is 6.55. The molecular weight excluding hydrogens is 260 g/mol. The van der Waals surface area contributed by atoms with E-state index in [2.05, 4.69) is 26.8 Å². The second-order valence-electron chi connectivity index (χ2n) is 4.57. The Hall–Kier alpha value is -1.52. The first kappa shape index (κ1) is 13.9. The molecule has 0 N–H and O–H groups in total. The Morgan fingerprint density at radius 1 is 1.32 bits per heavy atom. The standard InChI is InChI=1S/C14H17ClN4/c1-10(13-6-4-5-7-16-13)19(3)9-12-8-14(15)18-11(2)17-12/h4-8,10H,9H2,1-3H3. The molecule has 0 fully saturated rings. The highest BCUT2D eigenvalue weighted by Gasteiger charge is 2.14. The average Bonchev–Trinajstić information content (AvgIpc) is 2.37. The SMILES string of the molecule is Cc1nc(Cl)cc(CN(C)C(C)c2ccccn2)n1. The van der Waals surface area contributed by atoms with E-state index in [4.69, 9.17) is 11.6 Å². The molecule has 100 valence electrons. The van der Waals surface area contributed by atoms with Gasteiger partial charge in [0.2, 0.25) is 0 Å². The second-order valence-corrected chi connectivity index (χ2v) is 4.96. The molecule has 0 radical (unpaired) electrons. The summed E-state index contributed by atoms with van der Waals surface area (Å²) in [6, 6.07) is 7.97. The minimum Gasteiger partial charge on any atom is -0.292 e. The molecule has 1 atom stereocenters. The summed E-state index contributed by atoms with van der Waals surface area (Å²) in [5.41, 5.74) is 1.96. The molecule has 0 aromatic carbocycles. The number of aryl methyl sites for hydroxylation is 1. The van der Waals surface area contributed by atoms with Gasteiger partial charge >= 0.3 is 0 Å². The molecule has 0 bridgehead atoms. The van der Waals surface area contributed by atoms with Crippen LogP contribution in [0.4, 0.5) is 0 Å². The second kappa shape index (κ2) is 6.08. The van der Waals surface area contributed by atoms with Gasteiger partial charge in [0.25, 0.3) is 0 Å². The third-order valence-electron chi connectivity index (χ3n) is 3.05. The molecule has 2 rings (SSSR count). The summed E-state index contributed by atoms with van der Waals surface area (Å²) in [7, 11) is 2.05. The van der Waals surface area contributed by atoms with Gasteiger partial charge in [0.05, 0.1) is 11.4 Å². The van der Waals surface area contributed by atoms with E-state index in [0.717, 1.165) is 11.4 Å². The summed E-state index contributed by atoms with van der Waals surface area (Å²) in [4.78, 5) is 15.0. The number of pyridine rings is 1. The fraction of sp³-hybridized carbons (Fsp3) is 0.357. The van der Waals surface area contributed by atoms with Crippen LogP contribution in [0.25, 0.3) is 0 Å². The molecule has 0 aliphatic carbocycles. The lowest BCUT2D eigenvalue weighted by Crippen LogP contribution is -2.23. The number of hydrogen-bond donors (Lipinski definition) is 0. The van der Waals surface area contributed by atoms with E-state index in [1.807, 2.05) is 38.4 Å². The van der Waals surface area contributed by atoms with Gasteiger partial charge in [-0.2, -0.15) is 0 Å². The van der Waals surface area contributed by atoms with Gasteiger partial charge in [-0.1, -0.05) is 17.7 Å². The van der Waals surface area contributed by atoms with Crippen LogP contribution >= 0.6 is 11.6 Å². The molecule has 0 amide bonds. The van der Waals surface area contributed by atoms with Crippen molar-refractivity contribution >= 4 is 11.6 Å². The fourth-order valence-electron chi connectivity index (χ4n) is 1.91. The van der Waals surface area contributed by atoms with Crippen molar-refractivity contribution in [1.29, 1.82) is 0 Å². The van der Waals surface area contributed by atoms with Crippen molar-refractivity contribution in [3.8, 4) is 0 Å². The van der Waals surface area contributed by atoms with E-state index >= 15 is 0 Å². The van der Waals surface area contributed by atoms with Crippen LogP contribution in [0, 0.1) is 6.92 Å². The normalized spacial score (nSPS) is 12.7. The molecular formula is C14H17ClN4. The summed E-state index contributed by atoms with van der Waals surface area (Å²) in [5.74, 6) is 0.696. The highest BCUT2D eigenvalue weighted by molar-refractivity contribution is 6.29. The van der Waals surface area contributed by atoms with Crippen LogP contribution in [0.3, 0.4) is 0 Å². The van der Waals surface area contributed by atoms with Crippen molar-refractivity contribution in [1.82, 2.24) is 19.9 Å². The average molecular weight is 277 g/mol. The summed E-state index contributed by atoms with van der Waals surface area (Å²) in [5, 5.41) is 0.487. The Morgan fingerprint density at radius 3 is 2.74 bits per heavy atom. The van der Waals surface area contributed by atoms with Crippen LogP contribution in [-0.2, 0) is 6.54 Å². The highest BCUT2D eigenvalue weighted by atomic mass is 35.5. The number of halogens is 1. The lowest BCUT2D eigenvalue weighted by Gasteiger charge is -2.23. The number of aromatic nitrogens is 3. The van der Waals surface area contributed by atoms with Crippen LogP contribution in [0.1, 0.15) is 30.2 Å². The maximum absolute atomic E-state index is 5.95. The Labute approximate surface area is 118 Å². The third kappa shape index (κ3) is 3.72. The van der Waals surface area contributed by atoms with Gasteiger partial charge in [-0.3, -0.25) is 9.88 Å². The molecule has 2 heterocycles. The topological polar surface area (TPSA) is 41.9 Å². The molecule has 0 aliphatic heterocycles. The van der Waals surface area contributed by atoms with E-state index in [0.29, 0.717) is 17.5 Å². The van der Waals surface area contributed by atoms with Gasteiger partial charge in [0.15, 0.2) is 0 Å². The number of nitrogens with zero attached hydrogens (tertiary/aromatic N) is 4. The van der Waals surface area contributed by atoms with Crippen LogP contribution in [0.5, 0.6) is 0 Å². The zero-order valence-corrected chi connectivity index (χ0v) is 12.1. The molecule has 0 aliphatic rings. The maximum Gasteiger partial charge on any atom is 0.133 e. The van der Waals surface area contributed by atoms with Crippen molar-refractivity contribution in [3.63, 3.8) is 0 Å². The van der Waals surface area contributed by atoms with Gasteiger partial charge in [0.1, 0.15) is 11.0 Å². The molecule has 2 aromatic heterocycles. The largest absolute Gasteiger partial charge is 0.292 e. The van der Waals surface area contributed by atoms with Crippen LogP contribution in [-0.4, -0.2) is 26.9 Å². The predicted molar refractivity (Wildman–Crippen MR) is 75.9 cm³/mol. The zero-order chi connectivity index (χ0) is 13.8. The molecule has 4 nitrogen and oxygen atoms in total. The quantitative estimate of drug-likeness (QED) is 0.805. The number of hydrogen-bond acceptors (Lipinski definition) is 4. The van der Waals surface area contributed by atoms with Crippen molar-refractivity contribution in [2.24, 2.45) is 0 Å². The Morgan fingerprint density at radius 2 is 2.11 bits per heavy atom. The van der Waals surface area contributed by atoms with Crippen molar-refractivity contribution in [2.45, 2.75) is 26.4 Å². The smallest absolute Gasteiger partial charge is 0.133 e.